The van der Waals surface area contributed by atoms with Crippen LogP contribution in [0.2, 0.25) is 0 Å². The normalized spacial score (nSPS) is 10.6. The van der Waals surface area contributed by atoms with Crippen molar-refractivity contribution in [2.75, 3.05) is 6.54 Å². The van der Waals surface area contributed by atoms with Crippen LogP contribution in [0.3, 0.4) is 0 Å². The first-order chi connectivity index (χ1) is 7.79. The predicted molar refractivity (Wildman–Crippen MR) is 65.3 cm³/mol. The summed E-state index contributed by atoms with van der Waals surface area (Å²) >= 11 is 1.62. The number of hydrogen-bond donors (Lipinski definition) is 1. The largest absolute Gasteiger partial charge is 0.330 e. The van der Waals surface area contributed by atoms with E-state index in [2.05, 4.69) is 21.2 Å². The van der Waals surface area contributed by atoms with Crippen molar-refractivity contribution in [3.8, 4) is 10.6 Å². The first-order valence-electron chi connectivity index (χ1n) is 5.24. The van der Waals surface area contributed by atoms with Gasteiger partial charge >= 0.3 is 0 Å². The van der Waals surface area contributed by atoms with Gasteiger partial charge in [0.05, 0.1) is 0 Å². The number of aromatic nitrogens is 3. The van der Waals surface area contributed by atoms with Gasteiger partial charge in [0, 0.05) is 24.4 Å². The molecule has 0 aromatic carbocycles. The summed E-state index contributed by atoms with van der Waals surface area (Å²) in [7, 11) is 0. The average Bonchev–Trinajstić information content (AvgIpc) is 2.75. The Morgan fingerprint density at radius 1 is 1.31 bits per heavy atom. The van der Waals surface area contributed by atoms with E-state index in [-0.39, 0.29) is 0 Å². The highest BCUT2D eigenvalue weighted by Crippen LogP contribution is 2.23. The standard InChI is InChI=1S/C11H14N4S/c1-8-5-9(7-13-6-8)11-15-14-10(16-11)3-2-4-12/h5-7H,2-4,12H2,1H3. The molecule has 5 heteroatoms. The number of nitrogens with zero attached hydrogens (tertiary/aromatic N) is 3. The molecular weight excluding hydrogens is 220 g/mol. The number of rotatable bonds is 4. The minimum Gasteiger partial charge on any atom is -0.330 e. The Labute approximate surface area is 98.6 Å². The van der Waals surface area contributed by atoms with Gasteiger partial charge in [0.1, 0.15) is 10.0 Å². The number of nitrogens with two attached hydrogens (primary N) is 1. The highest BCUT2D eigenvalue weighted by molar-refractivity contribution is 7.14. The van der Waals surface area contributed by atoms with E-state index < -0.39 is 0 Å². The number of aryl methyl sites for hydroxylation is 2. The van der Waals surface area contributed by atoms with Gasteiger partial charge < -0.3 is 5.73 Å². The van der Waals surface area contributed by atoms with E-state index in [0.29, 0.717) is 6.54 Å². The van der Waals surface area contributed by atoms with Crippen LogP contribution in [0.5, 0.6) is 0 Å². The maximum atomic E-state index is 5.46. The molecule has 0 spiro atoms. The van der Waals surface area contributed by atoms with Gasteiger partial charge in [0.2, 0.25) is 0 Å². The highest BCUT2D eigenvalue weighted by Gasteiger charge is 2.06. The fraction of sp³-hybridized carbons (Fsp3) is 0.364. The third-order valence-corrected chi connectivity index (χ3v) is 3.22. The van der Waals surface area contributed by atoms with Crippen molar-refractivity contribution in [2.24, 2.45) is 5.73 Å². The molecule has 0 radical (unpaired) electrons. The van der Waals surface area contributed by atoms with Crippen LogP contribution in [0.15, 0.2) is 18.5 Å². The van der Waals surface area contributed by atoms with E-state index in [9.17, 15) is 0 Å². The fourth-order valence-electron chi connectivity index (χ4n) is 1.40. The molecule has 0 fully saturated rings. The highest BCUT2D eigenvalue weighted by atomic mass is 32.1. The molecule has 2 aromatic heterocycles. The molecule has 0 atom stereocenters. The second-order valence-electron chi connectivity index (χ2n) is 3.64. The molecule has 2 rings (SSSR count). The molecule has 0 bridgehead atoms. The summed E-state index contributed by atoms with van der Waals surface area (Å²) in [6.45, 7) is 2.72. The third-order valence-electron chi connectivity index (χ3n) is 2.18. The minimum atomic E-state index is 0.695. The smallest absolute Gasteiger partial charge is 0.149 e. The zero-order valence-corrected chi connectivity index (χ0v) is 10.00. The molecule has 0 aliphatic rings. The van der Waals surface area contributed by atoms with E-state index in [0.717, 1.165) is 34.0 Å². The van der Waals surface area contributed by atoms with Crippen LogP contribution >= 0.6 is 11.3 Å². The first-order valence-corrected chi connectivity index (χ1v) is 6.05. The van der Waals surface area contributed by atoms with Crippen molar-refractivity contribution < 1.29 is 0 Å². The molecule has 0 saturated heterocycles. The molecule has 4 nitrogen and oxygen atoms in total. The van der Waals surface area contributed by atoms with E-state index in [1.165, 1.54) is 0 Å². The summed E-state index contributed by atoms with van der Waals surface area (Å²) < 4.78 is 0. The van der Waals surface area contributed by atoms with Crippen LogP contribution in [-0.4, -0.2) is 21.7 Å². The monoisotopic (exact) mass is 234 g/mol. The van der Waals surface area contributed by atoms with Crippen LogP contribution in [0.1, 0.15) is 17.0 Å². The lowest BCUT2D eigenvalue weighted by molar-refractivity contribution is 0.812. The summed E-state index contributed by atoms with van der Waals surface area (Å²) in [6.07, 6.45) is 5.52. The van der Waals surface area contributed by atoms with E-state index in [1.54, 1.807) is 11.3 Å². The SMILES string of the molecule is Cc1cncc(-c2nnc(CCCN)s2)c1. The Morgan fingerprint density at radius 3 is 2.94 bits per heavy atom. The second kappa shape index (κ2) is 5.14. The first kappa shape index (κ1) is 11.2. The topological polar surface area (TPSA) is 64.7 Å². The molecule has 0 saturated carbocycles. The molecule has 2 N–H and O–H groups in total. The van der Waals surface area contributed by atoms with Crippen molar-refractivity contribution in [2.45, 2.75) is 19.8 Å². The van der Waals surface area contributed by atoms with Gasteiger partial charge in [-0.3, -0.25) is 4.98 Å². The fourth-order valence-corrected chi connectivity index (χ4v) is 2.26. The Balaban J connectivity index is 2.18. The summed E-state index contributed by atoms with van der Waals surface area (Å²) in [5.74, 6) is 0. The third kappa shape index (κ3) is 2.62. The molecule has 2 heterocycles. The molecule has 0 unspecified atom stereocenters. The van der Waals surface area contributed by atoms with Crippen molar-refractivity contribution in [1.82, 2.24) is 15.2 Å². The molecule has 84 valence electrons. The molecule has 16 heavy (non-hydrogen) atoms. The molecule has 0 aliphatic carbocycles. The van der Waals surface area contributed by atoms with Crippen LogP contribution < -0.4 is 5.73 Å². The van der Waals surface area contributed by atoms with Crippen LogP contribution in [0.4, 0.5) is 0 Å². The Morgan fingerprint density at radius 2 is 2.19 bits per heavy atom. The Hall–Kier alpha value is -1.33. The zero-order chi connectivity index (χ0) is 11.4. The van der Waals surface area contributed by atoms with Gasteiger partial charge in [-0.05, 0) is 31.5 Å². The van der Waals surface area contributed by atoms with Crippen molar-refractivity contribution in [3.63, 3.8) is 0 Å². The van der Waals surface area contributed by atoms with Crippen molar-refractivity contribution in [3.05, 3.63) is 29.0 Å². The predicted octanol–water partition coefficient (Wildman–Crippen LogP) is 1.80. The second-order valence-corrected chi connectivity index (χ2v) is 4.71. The van der Waals surface area contributed by atoms with Crippen molar-refractivity contribution in [1.29, 1.82) is 0 Å². The van der Waals surface area contributed by atoms with Gasteiger partial charge in [-0.25, -0.2) is 0 Å². The summed E-state index contributed by atoms with van der Waals surface area (Å²) in [4.78, 5) is 4.15. The lowest BCUT2D eigenvalue weighted by atomic mass is 10.2. The summed E-state index contributed by atoms with van der Waals surface area (Å²) in [5.41, 5.74) is 7.63. The van der Waals surface area contributed by atoms with Gasteiger partial charge in [-0.15, -0.1) is 10.2 Å². The molecular formula is C11H14N4S. The van der Waals surface area contributed by atoms with Gasteiger partial charge in [0.25, 0.3) is 0 Å². The Bertz CT molecular complexity index is 467. The van der Waals surface area contributed by atoms with Gasteiger partial charge in [-0.2, -0.15) is 0 Å². The Kier molecular flexibility index (Phi) is 3.58. The lowest BCUT2D eigenvalue weighted by Gasteiger charge is -1.95. The maximum absolute atomic E-state index is 5.46. The van der Waals surface area contributed by atoms with Gasteiger partial charge in [-0.1, -0.05) is 11.3 Å². The minimum absolute atomic E-state index is 0.695. The van der Waals surface area contributed by atoms with Crippen molar-refractivity contribution >= 4 is 11.3 Å². The van der Waals surface area contributed by atoms with Gasteiger partial charge in [0.15, 0.2) is 0 Å². The zero-order valence-electron chi connectivity index (χ0n) is 9.18. The number of pyridine rings is 1. The maximum Gasteiger partial charge on any atom is 0.149 e. The quantitative estimate of drug-likeness (QED) is 0.876. The lowest BCUT2D eigenvalue weighted by Crippen LogP contribution is -1.99. The van der Waals surface area contributed by atoms with Crippen LogP contribution in [0.25, 0.3) is 10.6 Å². The molecule has 2 aromatic rings. The molecule has 0 aliphatic heterocycles. The van der Waals surface area contributed by atoms with E-state index in [1.807, 2.05) is 19.3 Å². The van der Waals surface area contributed by atoms with E-state index in [4.69, 9.17) is 5.73 Å². The van der Waals surface area contributed by atoms with Crippen LogP contribution in [0, 0.1) is 6.92 Å². The average molecular weight is 234 g/mol. The molecule has 0 amide bonds. The number of hydrogen-bond acceptors (Lipinski definition) is 5. The van der Waals surface area contributed by atoms with Crippen LogP contribution in [-0.2, 0) is 6.42 Å². The summed E-state index contributed by atoms with van der Waals surface area (Å²) in [5, 5.41) is 10.3. The van der Waals surface area contributed by atoms with E-state index >= 15 is 0 Å². The summed E-state index contributed by atoms with van der Waals surface area (Å²) in [6, 6.07) is 2.07.